The van der Waals surface area contributed by atoms with E-state index in [1.54, 1.807) is 26.8 Å². The number of piperidine rings is 2. The molecule has 4 heterocycles. The number of carboxylic acid groups (broad SMARTS) is 1. The minimum absolute atomic E-state index is 0.00975. The van der Waals surface area contributed by atoms with Crippen LogP contribution in [-0.4, -0.2) is 142 Å². The van der Waals surface area contributed by atoms with Crippen LogP contribution >= 0.6 is 31.9 Å². The van der Waals surface area contributed by atoms with Gasteiger partial charge in [-0.3, -0.25) is 19.3 Å². The summed E-state index contributed by atoms with van der Waals surface area (Å²) < 4.78 is 6.92. The Hall–Kier alpha value is -3.89. The predicted molar refractivity (Wildman–Crippen MR) is 203 cm³/mol. The number of halogens is 2. The highest BCUT2D eigenvalue weighted by atomic mass is 79.9. The van der Waals surface area contributed by atoms with E-state index in [4.69, 9.17) is 9.84 Å². The van der Waals surface area contributed by atoms with Crippen molar-refractivity contribution in [2.45, 2.75) is 69.6 Å². The number of likely N-dealkylation sites (tertiary alicyclic amines) is 2. The van der Waals surface area contributed by atoms with E-state index in [0.717, 1.165) is 30.5 Å². The molecule has 1 unspecified atom stereocenters. The molecule has 14 nitrogen and oxygen atoms in total. The number of piperazine rings is 1. The number of urea groups is 1. The zero-order chi connectivity index (χ0) is 37.6. The summed E-state index contributed by atoms with van der Waals surface area (Å²) in [5.74, 6) is -1.36. The van der Waals surface area contributed by atoms with Gasteiger partial charge in [0.25, 0.3) is 5.91 Å². The van der Waals surface area contributed by atoms with Gasteiger partial charge in [-0.15, -0.1) is 0 Å². The third-order valence-electron chi connectivity index (χ3n) is 10.8. The molecule has 3 saturated heterocycles. The van der Waals surface area contributed by atoms with E-state index in [2.05, 4.69) is 42.1 Å². The molecule has 16 heteroatoms. The van der Waals surface area contributed by atoms with Gasteiger partial charge in [-0.25, -0.2) is 9.59 Å². The number of anilines is 1. The molecule has 0 radical (unpaired) electrons. The monoisotopic (exact) mass is 860 g/mol. The van der Waals surface area contributed by atoms with Crippen molar-refractivity contribution < 1.29 is 38.9 Å². The van der Waals surface area contributed by atoms with Gasteiger partial charge in [-0.1, -0.05) is 18.2 Å². The number of rotatable bonds is 9. The summed E-state index contributed by atoms with van der Waals surface area (Å²) in [4.78, 5) is 73.4. The van der Waals surface area contributed by atoms with Crippen molar-refractivity contribution in [2.24, 2.45) is 0 Å². The van der Waals surface area contributed by atoms with E-state index in [9.17, 15) is 29.1 Å². The predicted octanol–water partition coefficient (Wildman–Crippen LogP) is 4.52. The van der Waals surface area contributed by atoms with Gasteiger partial charge in [-0.05, 0) is 93.3 Å². The van der Waals surface area contributed by atoms with Crippen LogP contribution in [0.4, 0.5) is 15.3 Å². The zero-order valence-corrected chi connectivity index (χ0v) is 32.7. The number of aromatic hydroxyl groups is 1. The summed E-state index contributed by atoms with van der Waals surface area (Å²) in [7, 11) is 0. The second-order valence-electron chi connectivity index (χ2n) is 14.1. The minimum Gasteiger partial charge on any atom is -0.506 e. The first-order valence-corrected chi connectivity index (χ1v) is 19.9. The number of carbonyl (C=O) groups is 5. The van der Waals surface area contributed by atoms with Gasteiger partial charge in [0.2, 0.25) is 5.91 Å². The molecule has 1 atom stereocenters. The number of phenols is 1. The Bertz CT molecular complexity index is 1670. The van der Waals surface area contributed by atoms with E-state index < -0.39 is 18.2 Å². The highest BCUT2D eigenvalue weighted by molar-refractivity contribution is 9.11. The van der Waals surface area contributed by atoms with Crippen LogP contribution in [0.2, 0.25) is 0 Å². The molecular formula is C37H46Br2N6O8. The van der Waals surface area contributed by atoms with Crippen LogP contribution < -0.4 is 5.32 Å². The number of ether oxygens (including phenoxy) is 1. The largest absolute Gasteiger partial charge is 0.506 e. The van der Waals surface area contributed by atoms with Crippen molar-refractivity contribution in [1.82, 2.24) is 24.5 Å². The number of carboxylic acids is 1. The smallest absolute Gasteiger partial charge is 0.410 e. The van der Waals surface area contributed by atoms with Crippen LogP contribution in [0.1, 0.15) is 49.7 Å². The van der Waals surface area contributed by atoms with Crippen molar-refractivity contribution in [3.63, 3.8) is 0 Å². The average molecular weight is 863 g/mol. The molecule has 53 heavy (non-hydrogen) atoms. The van der Waals surface area contributed by atoms with Gasteiger partial charge in [0.05, 0.1) is 15.4 Å². The summed E-state index contributed by atoms with van der Waals surface area (Å²) in [6.45, 7) is 4.73. The molecule has 0 aromatic heterocycles. The number of benzene rings is 2. The molecule has 4 aliphatic rings. The van der Waals surface area contributed by atoms with Crippen molar-refractivity contribution in [3.8, 4) is 5.75 Å². The van der Waals surface area contributed by atoms with Gasteiger partial charge in [0, 0.05) is 89.5 Å². The lowest BCUT2D eigenvalue weighted by atomic mass is 10.0. The van der Waals surface area contributed by atoms with Gasteiger partial charge in [-0.2, -0.15) is 0 Å². The number of carbonyl (C=O) groups excluding carboxylic acids is 4. The first kappa shape index (κ1) is 38.8. The molecule has 2 aromatic rings. The number of aliphatic carboxylic acids is 1. The fourth-order valence-corrected chi connectivity index (χ4v) is 9.07. The molecule has 4 aliphatic heterocycles. The highest BCUT2D eigenvalue weighted by Gasteiger charge is 2.37. The maximum absolute atomic E-state index is 14.1. The fraction of sp³-hybridized carbons (Fsp3) is 0.541. The van der Waals surface area contributed by atoms with E-state index in [0.29, 0.717) is 86.3 Å². The molecule has 0 spiro atoms. The SMILES string of the molecule is O=C(O)CCC(=O)N1CCC(N2CCN(C(=O)C(Cc3cc(Br)c(O)c(Br)c3)OC(=O)N3CCC(N4CCc5ccccc5NC4=O)CC3)CC2)CC1. The minimum atomic E-state index is -1.09. The molecular weight excluding hydrogens is 816 g/mol. The van der Waals surface area contributed by atoms with Crippen LogP contribution in [0, 0.1) is 0 Å². The number of phenolic OH excluding ortho intramolecular Hbond substituents is 1. The zero-order valence-electron chi connectivity index (χ0n) is 29.6. The molecule has 5 amide bonds. The molecule has 0 aliphatic carbocycles. The first-order chi connectivity index (χ1) is 25.5. The summed E-state index contributed by atoms with van der Waals surface area (Å²) in [5, 5.41) is 22.2. The normalized spacial score (nSPS) is 19.6. The second-order valence-corrected chi connectivity index (χ2v) is 15.8. The van der Waals surface area contributed by atoms with Crippen molar-refractivity contribution in [2.75, 3.05) is 64.2 Å². The Kier molecular flexibility index (Phi) is 12.8. The maximum Gasteiger partial charge on any atom is 0.410 e. The third kappa shape index (κ3) is 9.62. The average Bonchev–Trinajstić information content (AvgIpc) is 3.33. The Morgan fingerprint density at radius 2 is 1.43 bits per heavy atom. The topological polar surface area (TPSA) is 163 Å². The van der Waals surface area contributed by atoms with Crippen LogP contribution in [-0.2, 0) is 32.0 Å². The summed E-state index contributed by atoms with van der Waals surface area (Å²) in [6.07, 6.45) is 1.78. The Morgan fingerprint density at radius 3 is 2.09 bits per heavy atom. The number of fused-ring (bicyclic) bond motifs is 1. The number of nitrogens with one attached hydrogen (secondary N) is 1. The summed E-state index contributed by atoms with van der Waals surface area (Å²) in [6, 6.07) is 11.3. The van der Waals surface area contributed by atoms with Gasteiger partial charge in [0.1, 0.15) is 5.75 Å². The van der Waals surface area contributed by atoms with E-state index in [-0.39, 0.29) is 54.9 Å². The van der Waals surface area contributed by atoms with Crippen molar-refractivity contribution >= 4 is 67.5 Å². The molecule has 3 fully saturated rings. The number of hydrogen-bond donors (Lipinski definition) is 3. The lowest BCUT2D eigenvalue weighted by molar-refractivity contribution is -0.143. The number of amides is 5. The Labute approximate surface area is 325 Å². The summed E-state index contributed by atoms with van der Waals surface area (Å²) in [5.41, 5.74) is 2.62. The second kappa shape index (κ2) is 17.5. The van der Waals surface area contributed by atoms with Gasteiger partial charge < -0.3 is 39.9 Å². The molecule has 286 valence electrons. The molecule has 2 aromatic carbocycles. The number of para-hydroxylation sites is 1. The highest BCUT2D eigenvalue weighted by Crippen LogP contribution is 2.34. The number of nitrogens with zero attached hydrogens (tertiary/aromatic N) is 5. The Morgan fingerprint density at radius 1 is 0.811 bits per heavy atom. The Balaban J connectivity index is 1.04. The van der Waals surface area contributed by atoms with Crippen LogP contribution in [0.15, 0.2) is 45.3 Å². The van der Waals surface area contributed by atoms with Crippen molar-refractivity contribution in [1.29, 1.82) is 0 Å². The van der Waals surface area contributed by atoms with Crippen molar-refractivity contribution in [3.05, 3.63) is 56.5 Å². The molecule has 3 N–H and O–H groups in total. The first-order valence-electron chi connectivity index (χ1n) is 18.3. The lowest BCUT2D eigenvalue weighted by Crippen LogP contribution is -2.57. The quantitative estimate of drug-likeness (QED) is 0.329. The molecule has 0 bridgehead atoms. The van der Waals surface area contributed by atoms with Crippen LogP contribution in [0.5, 0.6) is 5.75 Å². The van der Waals surface area contributed by atoms with E-state index in [1.807, 2.05) is 29.2 Å². The molecule has 6 rings (SSSR count). The standard InChI is InChI=1S/C37H46Br2N6O8/c38-28-21-24(22-29(39)34(28)49)23-31(35(50)43-19-17-41(18-20-43)26-8-12-42(13-9-26)32(46)5-6-33(47)48)53-37(52)44-14-10-27(11-15-44)45-16-7-25-3-1-2-4-30(25)40-36(45)51/h1-4,21-22,26-27,31,49H,5-20,23H2,(H,40,51)(H,47,48). The fourth-order valence-electron chi connectivity index (χ4n) is 7.79. The third-order valence-corrected chi connectivity index (χ3v) is 12.0. The maximum atomic E-state index is 14.1. The van der Waals surface area contributed by atoms with Gasteiger partial charge >= 0.3 is 18.1 Å². The lowest BCUT2D eigenvalue weighted by Gasteiger charge is -2.43. The van der Waals surface area contributed by atoms with E-state index in [1.165, 1.54) is 0 Å². The van der Waals surface area contributed by atoms with Crippen LogP contribution in [0.3, 0.4) is 0 Å². The summed E-state index contributed by atoms with van der Waals surface area (Å²) >= 11 is 6.73. The number of hydrogen-bond acceptors (Lipinski definition) is 8. The van der Waals surface area contributed by atoms with Crippen LogP contribution in [0.25, 0.3) is 0 Å². The molecule has 0 saturated carbocycles. The van der Waals surface area contributed by atoms with Gasteiger partial charge in [0.15, 0.2) is 6.10 Å². The van der Waals surface area contributed by atoms with E-state index >= 15 is 0 Å².